The molecule has 0 atom stereocenters. The van der Waals surface area contributed by atoms with Crippen LogP contribution in [0, 0.1) is 0 Å². The van der Waals surface area contributed by atoms with Crippen molar-refractivity contribution < 1.29 is 13.9 Å². The Hall–Kier alpha value is -1.90. The second-order valence-electron chi connectivity index (χ2n) is 5.37. The molecule has 0 spiro atoms. The minimum atomic E-state index is -0.0979. The fourth-order valence-corrected chi connectivity index (χ4v) is 2.90. The van der Waals surface area contributed by atoms with Crippen LogP contribution in [0.1, 0.15) is 5.89 Å². The summed E-state index contributed by atoms with van der Waals surface area (Å²) >= 11 is 1.24. The fourth-order valence-electron chi connectivity index (χ4n) is 2.32. The molecule has 1 fully saturated rings. The van der Waals surface area contributed by atoms with E-state index in [1.54, 1.807) is 0 Å². The van der Waals surface area contributed by atoms with Crippen molar-refractivity contribution >= 4 is 23.4 Å². The van der Waals surface area contributed by atoms with Gasteiger partial charge < -0.3 is 14.5 Å². The summed E-state index contributed by atoms with van der Waals surface area (Å²) < 4.78 is 10.9. The minimum Gasteiger partial charge on any atom is -0.416 e. The molecule has 1 N–H and O–H groups in total. The Bertz CT molecular complexity index is 644. The molecular weight excluding hydrogens is 328 g/mol. The molecular formula is C16H20N4O3S. The summed E-state index contributed by atoms with van der Waals surface area (Å²) in [5.41, 5.74) is 0.778. The monoisotopic (exact) mass is 348 g/mol. The summed E-state index contributed by atoms with van der Waals surface area (Å²) in [7, 11) is 0. The van der Waals surface area contributed by atoms with Crippen molar-refractivity contribution in [1.29, 1.82) is 0 Å². The zero-order chi connectivity index (χ0) is 16.6. The van der Waals surface area contributed by atoms with Gasteiger partial charge in [0.25, 0.3) is 5.22 Å². The zero-order valence-electron chi connectivity index (χ0n) is 13.3. The SMILES string of the molecule is O=C(CSc1nnc(CCN2CCOCC2)o1)Nc1ccccc1. The minimum absolute atomic E-state index is 0.0979. The molecule has 2 heterocycles. The maximum atomic E-state index is 11.9. The molecule has 1 aliphatic rings. The first kappa shape index (κ1) is 16.9. The van der Waals surface area contributed by atoms with Crippen LogP contribution >= 0.6 is 11.8 Å². The number of benzene rings is 1. The average Bonchev–Trinajstić information content (AvgIpc) is 3.08. The van der Waals surface area contributed by atoms with E-state index in [-0.39, 0.29) is 11.7 Å². The van der Waals surface area contributed by atoms with Gasteiger partial charge in [-0.3, -0.25) is 9.69 Å². The normalized spacial score (nSPS) is 15.3. The van der Waals surface area contributed by atoms with E-state index in [1.165, 1.54) is 11.8 Å². The van der Waals surface area contributed by atoms with E-state index in [9.17, 15) is 4.79 Å². The van der Waals surface area contributed by atoms with Gasteiger partial charge in [0.15, 0.2) is 0 Å². The van der Waals surface area contributed by atoms with Crippen molar-refractivity contribution in [1.82, 2.24) is 15.1 Å². The number of anilines is 1. The first-order valence-electron chi connectivity index (χ1n) is 7.90. The Morgan fingerprint density at radius 2 is 2.00 bits per heavy atom. The van der Waals surface area contributed by atoms with Gasteiger partial charge in [-0.05, 0) is 12.1 Å². The standard InChI is InChI=1S/C16H20N4O3S/c21-14(17-13-4-2-1-3-5-13)12-24-16-19-18-15(23-16)6-7-20-8-10-22-11-9-20/h1-5H,6-12H2,(H,17,21). The summed E-state index contributed by atoms with van der Waals surface area (Å²) in [6, 6.07) is 9.35. The molecule has 128 valence electrons. The molecule has 7 nitrogen and oxygen atoms in total. The largest absolute Gasteiger partial charge is 0.416 e. The van der Waals surface area contributed by atoms with E-state index in [4.69, 9.17) is 9.15 Å². The number of morpholine rings is 1. The second-order valence-corrected chi connectivity index (χ2v) is 6.30. The highest BCUT2D eigenvalue weighted by Crippen LogP contribution is 2.17. The number of hydrogen-bond donors (Lipinski definition) is 1. The van der Waals surface area contributed by atoms with Crippen LogP contribution in [-0.2, 0) is 16.0 Å². The number of aromatic nitrogens is 2. The predicted molar refractivity (Wildman–Crippen MR) is 91.1 cm³/mol. The third kappa shape index (κ3) is 5.33. The summed E-state index contributed by atoms with van der Waals surface area (Å²) in [4.78, 5) is 14.2. The van der Waals surface area contributed by atoms with Gasteiger partial charge in [-0.15, -0.1) is 10.2 Å². The van der Waals surface area contributed by atoms with Gasteiger partial charge in [-0.2, -0.15) is 0 Å². The van der Waals surface area contributed by atoms with Gasteiger partial charge in [0.2, 0.25) is 11.8 Å². The van der Waals surface area contributed by atoms with Crippen LogP contribution in [0.25, 0.3) is 0 Å². The molecule has 0 radical (unpaired) electrons. The molecule has 1 amide bonds. The van der Waals surface area contributed by atoms with E-state index in [0.717, 1.165) is 38.5 Å². The Balaban J connectivity index is 1.40. The number of hydrogen-bond acceptors (Lipinski definition) is 7. The van der Waals surface area contributed by atoms with Crippen LogP contribution in [0.2, 0.25) is 0 Å². The van der Waals surface area contributed by atoms with E-state index in [0.29, 0.717) is 17.5 Å². The van der Waals surface area contributed by atoms with E-state index in [1.807, 2.05) is 30.3 Å². The summed E-state index contributed by atoms with van der Waals surface area (Å²) in [6.45, 7) is 4.32. The van der Waals surface area contributed by atoms with Crippen molar-refractivity contribution in [2.75, 3.05) is 43.9 Å². The topological polar surface area (TPSA) is 80.5 Å². The Morgan fingerprint density at radius 3 is 2.79 bits per heavy atom. The maximum Gasteiger partial charge on any atom is 0.277 e. The Morgan fingerprint density at radius 1 is 1.21 bits per heavy atom. The molecule has 1 aromatic heterocycles. The Kier molecular flexibility index (Phi) is 6.22. The van der Waals surface area contributed by atoms with Gasteiger partial charge in [0, 0.05) is 31.7 Å². The van der Waals surface area contributed by atoms with Crippen LogP contribution in [0.15, 0.2) is 40.0 Å². The highest BCUT2D eigenvalue weighted by molar-refractivity contribution is 7.99. The zero-order valence-corrected chi connectivity index (χ0v) is 14.1. The lowest BCUT2D eigenvalue weighted by Crippen LogP contribution is -2.37. The molecule has 2 aromatic rings. The lowest BCUT2D eigenvalue weighted by molar-refractivity contribution is -0.113. The number of ether oxygens (including phenoxy) is 1. The summed E-state index contributed by atoms with van der Waals surface area (Å²) in [5, 5.41) is 11.3. The van der Waals surface area contributed by atoms with Crippen LogP contribution < -0.4 is 5.32 Å². The van der Waals surface area contributed by atoms with E-state index < -0.39 is 0 Å². The number of carbonyl (C=O) groups is 1. The fraction of sp³-hybridized carbons (Fsp3) is 0.438. The highest BCUT2D eigenvalue weighted by Gasteiger charge is 2.13. The molecule has 1 saturated heterocycles. The maximum absolute atomic E-state index is 11.9. The first-order chi connectivity index (χ1) is 11.8. The second kappa shape index (κ2) is 8.81. The number of nitrogens with one attached hydrogen (secondary N) is 1. The summed E-state index contributed by atoms with van der Waals surface area (Å²) in [6.07, 6.45) is 0.712. The average molecular weight is 348 g/mol. The highest BCUT2D eigenvalue weighted by atomic mass is 32.2. The molecule has 24 heavy (non-hydrogen) atoms. The van der Waals surface area contributed by atoms with Crippen LogP contribution in [0.4, 0.5) is 5.69 Å². The third-order valence-corrected chi connectivity index (χ3v) is 4.40. The predicted octanol–water partition coefficient (Wildman–Crippen LogP) is 1.68. The van der Waals surface area contributed by atoms with Crippen LogP contribution in [-0.4, -0.2) is 59.6 Å². The number of para-hydroxylation sites is 1. The van der Waals surface area contributed by atoms with Gasteiger partial charge in [0.1, 0.15) is 0 Å². The van der Waals surface area contributed by atoms with Crippen molar-refractivity contribution in [2.24, 2.45) is 0 Å². The summed E-state index contributed by atoms with van der Waals surface area (Å²) in [5.74, 6) is 0.742. The number of amides is 1. The Labute approximate surface area is 144 Å². The van der Waals surface area contributed by atoms with E-state index in [2.05, 4.69) is 20.4 Å². The van der Waals surface area contributed by atoms with Crippen molar-refractivity contribution in [3.8, 4) is 0 Å². The molecule has 0 saturated carbocycles. The van der Waals surface area contributed by atoms with Crippen LogP contribution in [0.3, 0.4) is 0 Å². The molecule has 0 aliphatic carbocycles. The molecule has 1 aromatic carbocycles. The lowest BCUT2D eigenvalue weighted by atomic mass is 10.3. The van der Waals surface area contributed by atoms with Gasteiger partial charge in [0.05, 0.1) is 19.0 Å². The van der Waals surface area contributed by atoms with Crippen molar-refractivity contribution in [3.63, 3.8) is 0 Å². The first-order valence-corrected chi connectivity index (χ1v) is 8.88. The molecule has 3 rings (SSSR count). The van der Waals surface area contributed by atoms with Gasteiger partial charge in [-0.25, -0.2) is 0 Å². The number of rotatable bonds is 7. The number of nitrogens with zero attached hydrogens (tertiary/aromatic N) is 3. The van der Waals surface area contributed by atoms with Crippen molar-refractivity contribution in [3.05, 3.63) is 36.2 Å². The lowest BCUT2D eigenvalue weighted by Gasteiger charge is -2.25. The van der Waals surface area contributed by atoms with E-state index >= 15 is 0 Å². The molecule has 8 heteroatoms. The van der Waals surface area contributed by atoms with Gasteiger partial charge >= 0.3 is 0 Å². The molecule has 0 bridgehead atoms. The van der Waals surface area contributed by atoms with Crippen LogP contribution in [0.5, 0.6) is 0 Å². The third-order valence-electron chi connectivity index (χ3n) is 3.58. The molecule has 0 unspecified atom stereocenters. The smallest absolute Gasteiger partial charge is 0.277 e. The number of carbonyl (C=O) groups excluding carboxylic acids is 1. The molecule has 1 aliphatic heterocycles. The quantitative estimate of drug-likeness (QED) is 0.762. The number of thioether (sulfide) groups is 1. The van der Waals surface area contributed by atoms with Crippen molar-refractivity contribution in [2.45, 2.75) is 11.6 Å². The van der Waals surface area contributed by atoms with Gasteiger partial charge in [-0.1, -0.05) is 30.0 Å².